The van der Waals surface area contributed by atoms with Crippen molar-refractivity contribution in [1.29, 1.82) is 0 Å². The van der Waals surface area contributed by atoms with Crippen LogP contribution in [0.5, 0.6) is 0 Å². The molecule has 0 aromatic heterocycles. The largest absolute Gasteiger partial charge is 0.299 e. The van der Waals surface area contributed by atoms with Crippen molar-refractivity contribution in [1.82, 2.24) is 0 Å². The van der Waals surface area contributed by atoms with Gasteiger partial charge in [-0.1, -0.05) is 22.6 Å². The molecule has 0 N–H and O–H groups in total. The second-order valence-electron chi connectivity index (χ2n) is 5.77. The fraction of sp³-hybridized carbons (Fsp3) is 0.909. The summed E-state index contributed by atoms with van der Waals surface area (Å²) in [6.45, 7) is 0. The molecule has 1 nitrogen and oxygen atoms in total. The van der Waals surface area contributed by atoms with Crippen LogP contribution in [0.15, 0.2) is 0 Å². The molecule has 0 aliphatic heterocycles. The van der Waals surface area contributed by atoms with Crippen LogP contribution in [-0.4, -0.2) is 9.71 Å². The van der Waals surface area contributed by atoms with Gasteiger partial charge >= 0.3 is 0 Å². The highest BCUT2D eigenvalue weighted by atomic mass is 127. The summed E-state index contributed by atoms with van der Waals surface area (Å²) in [5, 5.41) is 0. The van der Waals surface area contributed by atoms with Gasteiger partial charge in [-0.25, -0.2) is 0 Å². The maximum Gasteiger partial charge on any atom is 0.140 e. The van der Waals surface area contributed by atoms with Crippen molar-refractivity contribution in [3.05, 3.63) is 0 Å². The van der Waals surface area contributed by atoms with Gasteiger partial charge in [-0.05, 0) is 41.9 Å². The van der Waals surface area contributed by atoms with Gasteiger partial charge in [0.25, 0.3) is 0 Å². The molecule has 6 aliphatic carbocycles. The Morgan fingerprint density at radius 3 is 2.54 bits per heavy atom. The number of rotatable bonds is 0. The highest BCUT2D eigenvalue weighted by Crippen LogP contribution is 2.82. The van der Waals surface area contributed by atoms with Crippen molar-refractivity contribution in [2.24, 2.45) is 47.3 Å². The van der Waals surface area contributed by atoms with Gasteiger partial charge in [0.15, 0.2) is 0 Å². The third kappa shape index (κ3) is 0.422. The van der Waals surface area contributed by atoms with Crippen LogP contribution in [0.4, 0.5) is 0 Å². The monoisotopic (exact) mass is 286 g/mol. The second-order valence-corrected chi connectivity index (χ2v) is 7.21. The fourth-order valence-electron chi connectivity index (χ4n) is 6.20. The summed E-state index contributed by atoms with van der Waals surface area (Å²) in [6.07, 6.45) is 1.43. The van der Waals surface area contributed by atoms with Crippen LogP contribution in [0.25, 0.3) is 0 Å². The molecule has 68 valence electrons. The molecule has 6 rings (SSSR count). The van der Waals surface area contributed by atoms with Gasteiger partial charge in [-0.15, -0.1) is 0 Å². The molecule has 0 aromatic carbocycles. The Labute approximate surface area is 90.8 Å². The highest BCUT2D eigenvalue weighted by Gasteiger charge is 2.83. The fourth-order valence-corrected chi connectivity index (χ4v) is 8.13. The maximum absolute atomic E-state index is 12.0. The van der Waals surface area contributed by atoms with Crippen LogP contribution >= 0.6 is 22.6 Å². The van der Waals surface area contributed by atoms with E-state index in [1.165, 1.54) is 6.42 Å². The summed E-state index contributed by atoms with van der Waals surface area (Å²) >= 11 is 2.66. The molecule has 0 spiro atoms. The molecule has 0 amide bonds. The van der Waals surface area contributed by atoms with Gasteiger partial charge in [-0.2, -0.15) is 0 Å². The Morgan fingerprint density at radius 1 is 1.00 bits per heavy atom. The van der Waals surface area contributed by atoms with Gasteiger partial charge in [0.2, 0.25) is 0 Å². The Morgan fingerprint density at radius 2 is 1.77 bits per heavy atom. The number of halogens is 1. The Balaban J connectivity index is 1.90. The molecule has 0 saturated heterocycles. The Kier molecular flexibility index (Phi) is 0.856. The molecule has 2 heteroatoms. The summed E-state index contributed by atoms with van der Waals surface area (Å²) in [4.78, 5) is 12.0. The minimum absolute atomic E-state index is 0.561. The zero-order valence-corrected chi connectivity index (χ0v) is 9.35. The van der Waals surface area contributed by atoms with E-state index in [2.05, 4.69) is 22.6 Å². The normalized spacial score (nSPS) is 79.8. The number of carbonyl (C=O) groups excluding carboxylic acids is 1. The minimum Gasteiger partial charge on any atom is -0.299 e. The summed E-state index contributed by atoms with van der Waals surface area (Å²) in [5.74, 6) is 7.27. The SMILES string of the molecule is O=C1[C@H]2[C@@H]3C[C@@H]4[C@@H]5[C@@H](I)[C@H]([C@H]1[C@H]35)[C@@H]42. The van der Waals surface area contributed by atoms with Gasteiger partial charge in [0, 0.05) is 15.8 Å². The van der Waals surface area contributed by atoms with Crippen LogP contribution in [-0.2, 0) is 4.79 Å². The number of carbonyl (C=O) groups is 1. The smallest absolute Gasteiger partial charge is 0.140 e. The molecule has 0 radical (unpaired) electrons. The Hall–Kier alpha value is 0.400. The van der Waals surface area contributed by atoms with Crippen LogP contribution in [0, 0.1) is 47.3 Å². The molecular formula is C11H11IO. The molecule has 0 unspecified atom stereocenters. The van der Waals surface area contributed by atoms with Gasteiger partial charge < -0.3 is 0 Å². The molecule has 0 heterocycles. The lowest BCUT2D eigenvalue weighted by Crippen LogP contribution is -2.30. The van der Waals surface area contributed by atoms with E-state index >= 15 is 0 Å². The number of hydrogen-bond acceptors (Lipinski definition) is 1. The highest BCUT2D eigenvalue weighted by molar-refractivity contribution is 14.1. The molecular weight excluding hydrogens is 275 g/mol. The summed E-state index contributed by atoms with van der Waals surface area (Å²) < 4.78 is 0.879. The molecule has 9 atom stereocenters. The second kappa shape index (κ2) is 1.63. The zero-order chi connectivity index (χ0) is 8.48. The van der Waals surface area contributed by atoms with E-state index in [0.29, 0.717) is 17.6 Å². The van der Waals surface area contributed by atoms with E-state index in [9.17, 15) is 4.79 Å². The minimum atomic E-state index is 0.561. The molecule has 13 heavy (non-hydrogen) atoms. The number of alkyl halides is 1. The topological polar surface area (TPSA) is 17.1 Å². The molecule has 6 saturated carbocycles. The Bertz CT molecular complexity index is 350. The van der Waals surface area contributed by atoms with Crippen molar-refractivity contribution in [3.63, 3.8) is 0 Å². The van der Waals surface area contributed by atoms with Crippen LogP contribution in [0.1, 0.15) is 6.42 Å². The molecule has 6 fully saturated rings. The van der Waals surface area contributed by atoms with Crippen LogP contribution in [0.3, 0.4) is 0 Å². The van der Waals surface area contributed by atoms with Gasteiger partial charge in [-0.3, -0.25) is 4.79 Å². The van der Waals surface area contributed by atoms with E-state index in [0.717, 1.165) is 39.4 Å². The predicted molar refractivity (Wildman–Crippen MR) is 55.4 cm³/mol. The molecule has 0 aromatic rings. The van der Waals surface area contributed by atoms with Crippen LogP contribution in [0.2, 0.25) is 0 Å². The van der Waals surface area contributed by atoms with E-state index in [1.807, 2.05) is 0 Å². The quantitative estimate of drug-likeness (QED) is 0.490. The first-order valence-corrected chi connectivity index (χ1v) is 6.73. The maximum atomic E-state index is 12.0. The third-order valence-corrected chi connectivity index (χ3v) is 7.67. The first kappa shape index (κ1) is 6.81. The lowest BCUT2D eigenvalue weighted by atomic mass is 9.71. The average molecular weight is 286 g/mol. The van der Waals surface area contributed by atoms with E-state index in [4.69, 9.17) is 0 Å². The van der Waals surface area contributed by atoms with Crippen molar-refractivity contribution in [3.8, 4) is 0 Å². The standard InChI is InChI=1S/C11H11IO/c12-10-6-2-1-3-4(6)9-8(10)5(2)7(3)11(9)13/h2-10H,1H2/t2-,3+,4+,5-,6-,7-,8-,9+,10+/m0/s1. The summed E-state index contributed by atoms with van der Waals surface area (Å²) in [5.41, 5.74) is 0. The zero-order valence-electron chi connectivity index (χ0n) is 7.19. The third-order valence-electron chi connectivity index (χ3n) is 6.01. The first-order valence-electron chi connectivity index (χ1n) is 5.48. The van der Waals surface area contributed by atoms with Crippen molar-refractivity contribution < 1.29 is 4.79 Å². The molecule has 6 aliphatic rings. The average Bonchev–Trinajstić information content (AvgIpc) is 2.78. The van der Waals surface area contributed by atoms with E-state index in [1.54, 1.807) is 0 Å². The summed E-state index contributed by atoms with van der Waals surface area (Å²) in [6, 6.07) is 0. The number of Topliss-reactive ketones (excluding diaryl/α,β-unsaturated/α-hetero) is 1. The summed E-state index contributed by atoms with van der Waals surface area (Å²) in [7, 11) is 0. The van der Waals surface area contributed by atoms with Crippen molar-refractivity contribution in [2.45, 2.75) is 10.3 Å². The van der Waals surface area contributed by atoms with Crippen molar-refractivity contribution in [2.75, 3.05) is 0 Å². The lowest BCUT2D eigenvalue weighted by Gasteiger charge is -2.32. The van der Waals surface area contributed by atoms with Gasteiger partial charge in [0.05, 0.1) is 0 Å². The number of ketones is 1. The van der Waals surface area contributed by atoms with E-state index < -0.39 is 0 Å². The molecule has 6 bridgehead atoms. The number of hydrogen-bond donors (Lipinski definition) is 0. The van der Waals surface area contributed by atoms with Crippen LogP contribution < -0.4 is 0 Å². The predicted octanol–water partition coefficient (Wildman–Crippen LogP) is 1.75. The van der Waals surface area contributed by atoms with Crippen molar-refractivity contribution >= 4 is 28.4 Å². The van der Waals surface area contributed by atoms with E-state index in [-0.39, 0.29) is 0 Å². The van der Waals surface area contributed by atoms with Gasteiger partial charge in [0.1, 0.15) is 5.78 Å². The lowest BCUT2D eigenvalue weighted by molar-refractivity contribution is -0.122. The first-order chi connectivity index (χ1) is 6.30.